The Morgan fingerprint density at radius 2 is 1.92 bits per heavy atom. The van der Waals surface area contributed by atoms with E-state index in [1.807, 2.05) is 6.92 Å². The number of benzene rings is 2. The van der Waals surface area contributed by atoms with Crippen molar-refractivity contribution >= 4 is 31.9 Å². The molecule has 3 nitrogen and oxygen atoms in total. The van der Waals surface area contributed by atoms with Gasteiger partial charge >= 0.3 is 0 Å². The molecule has 1 fully saturated rings. The Balaban J connectivity index is 2.08. The standard InChI is InChI=1S/C20H24Br2N2O/c1-2-25-19-8-7-17(22)14-18(19)20(15-5-3-6-16(21)13-15)24-11-4-9-23-10-12-24/h3,5-8,13-14,20,23H,2,4,9-12H2,1H3. The van der Waals surface area contributed by atoms with E-state index in [4.69, 9.17) is 4.74 Å². The van der Waals surface area contributed by atoms with Crippen LogP contribution in [0.5, 0.6) is 5.75 Å². The highest BCUT2D eigenvalue weighted by molar-refractivity contribution is 9.10. The van der Waals surface area contributed by atoms with Gasteiger partial charge in [-0.3, -0.25) is 4.90 Å². The second-order valence-electron chi connectivity index (χ2n) is 6.21. The largest absolute Gasteiger partial charge is 0.494 e. The Morgan fingerprint density at radius 1 is 1.08 bits per heavy atom. The summed E-state index contributed by atoms with van der Waals surface area (Å²) in [5, 5.41) is 3.51. The quantitative estimate of drug-likeness (QED) is 0.669. The molecule has 0 aromatic heterocycles. The van der Waals surface area contributed by atoms with E-state index in [1.165, 1.54) is 11.1 Å². The summed E-state index contributed by atoms with van der Waals surface area (Å²) in [5.74, 6) is 0.966. The van der Waals surface area contributed by atoms with Crippen LogP contribution in [0.3, 0.4) is 0 Å². The van der Waals surface area contributed by atoms with E-state index < -0.39 is 0 Å². The summed E-state index contributed by atoms with van der Waals surface area (Å²) in [6.07, 6.45) is 1.16. The third-order valence-corrected chi connectivity index (χ3v) is 5.46. The number of nitrogens with one attached hydrogen (secondary N) is 1. The molecule has 2 aromatic rings. The molecule has 25 heavy (non-hydrogen) atoms. The molecule has 5 heteroatoms. The molecule has 3 rings (SSSR count). The van der Waals surface area contributed by atoms with Crippen LogP contribution < -0.4 is 10.1 Å². The Morgan fingerprint density at radius 3 is 2.72 bits per heavy atom. The first-order valence-corrected chi connectivity index (χ1v) is 10.4. The topological polar surface area (TPSA) is 24.5 Å². The Bertz CT molecular complexity index is 700. The van der Waals surface area contributed by atoms with Crippen molar-refractivity contribution in [3.8, 4) is 5.75 Å². The summed E-state index contributed by atoms with van der Waals surface area (Å²) in [7, 11) is 0. The monoisotopic (exact) mass is 466 g/mol. The molecule has 134 valence electrons. The van der Waals surface area contributed by atoms with Crippen LogP contribution in [0.1, 0.15) is 30.5 Å². The molecule has 1 saturated heterocycles. The molecule has 1 heterocycles. The fourth-order valence-electron chi connectivity index (χ4n) is 3.41. The molecular formula is C20H24Br2N2O. The molecule has 0 spiro atoms. The average Bonchev–Trinajstić information content (AvgIpc) is 2.87. The second-order valence-corrected chi connectivity index (χ2v) is 8.04. The molecule has 2 aromatic carbocycles. The van der Waals surface area contributed by atoms with Crippen LogP contribution >= 0.6 is 31.9 Å². The second kappa shape index (κ2) is 9.17. The molecule has 1 N–H and O–H groups in total. The van der Waals surface area contributed by atoms with Gasteiger partial charge in [0.1, 0.15) is 5.75 Å². The zero-order chi connectivity index (χ0) is 17.6. The van der Waals surface area contributed by atoms with Crippen LogP contribution in [0.25, 0.3) is 0 Å². The van der Waals surface area contributed by atoms with Gasteiger partial charge in [-0.05, 0) is 55.8 Å². The lowest BCUT2D eigenvalue weighted by Gasteiger charge is -2.32. The van der Waals surface area contributed by atoms with Gasteiger partial charge in [0.2, 0.25) is 0 Å². The van der Waals surface area contributed by atoms with E-state index in [9.17, 15) is 0 Å². The zero-order valence-electron chi connectivity index (χ0n) is 14.5. The number of hydrogen-bond acceptors (Lipinski definition) is 3. The SMILES string of the molecule is CCOc1ccc(Br)cc1C(c1cccc(Br)c1)N1CCCNCC1. The van der Waals surface area contributed by atoms with E-state index in [1.54, 1.807) is 0 Å². The Labute approximate surface area is 167 Å². The number of rotatable bonds is 5. The van der Waals surface area contributed by atoms with Gasteiger partial charge in [0.05, 0.1) is 12.6 Å². The summed E-state index contributed by atoms with van der Waals surface area (Å²) < 4.78 is 8.16. The predicted octanol–water partition coefficient (Wildman–Crippen LogP) is 5.00. The average molecular weight is 468 g/mol. The lowest BCUT2D eigenvalue weighted by molar-refractivity contribution is 0.233. The molecule has 1 atom stereocenters. The van der Waals surface area contributed by atoms with Gasteiger partial charge in [0.25, 0.3) is 0 Å². The van der Waals surface area contributed by atoms with Crippen molar-refractivity contribution in [1.82, 2.24) is 10.2 Å². The summed E-state index contributed by atoms with van der Waals surface area (Å²) >= 11 is 7.28. The zero-order valence-corrected chi connectivity index (χ0v) is 17.6. The van der Waals surface area contributed by atoms with E-state index in [-0.39, 0.29) is 6.04 Å². The molecule has 1 aliphatic rings. The molecule has 0 amide bonds. The normalized spacial score (nSPS) is 17.1. The molecule has 0 radical (unpaired) electrons. The van der Waals surface area contributed by atoms with Crippen LogP contribution in [0.2, 0.25) is 0 Å². The van der Waals surface area contributed by atoms with E-state index >= 15 is 0 Å². The van der Waals surface area contributed by atoms with Crippen LogP contribution in [0, 0.1) is 0 Å². The fraction of sp³-hybridized carbons (Fsp3) is 0.400. The number of halogens is 2. The molecule has 1 aliphatic heterocycles. The maximum atomic E-state index is 5.97. The summed E-state index contributed by atoms with van der Waals surface area (Å²) in [6, 6.07) is 15.1. The Hall–Kier alpha value is -0.880. The van der Waals surface area contributed by atoms with Crippen molar-refractivity contribution in [2.24, 2.45) is 0 Å². The van der Waals surface area contributed by atoms with Crippen LogP contribution in [-0.4, -0.2) is 37.7 Å². The van der Waals surface area contributed by atoms with E-state index in [2.05, 4.69) is 84.5 Å². The van der Waals surface area contributed by atoms with E-state index in [0.29, 0.717) is 6.61 Å². The lowest BCUT2D eigenvalue weighted by atomic mass is 9.96. The molecule has 0 saturated carbocycles. The first kappa shape index (κ1) is 18.9. The first-order chi connectivity index (χ1) is 12.2. The fourth-order valence-corrected chi connectivity index (χ4v) is 4.20. The maximum Gasteiger partial charge on any atom is 0.124 e. The van der Waals surface area contributed by atoms with E-state index in [0.717, 1.165) is 47.3 Å². The summed E-state index contributed by atoms with van der Waals surface area (Å²) in [5.41, 5.74) is 2.51. The van der Waals surface area contributed by atoms with Gasteiger partial charge in [0, 0.05) is 34.1 Å². The maximum absolute atomic E-state index is 5.97. The van der Waals surface area contributed by atoms with Crippen molar-refractivity contribution in [2.45, 2.75) is 19.4 Å². The first-order valence-electron chi connectivity index (χ1n) is 8.81. The minimum Gasteiger partial charge on any atom is -0.494 e. The van der Waals surface area contributed by atoms with Crippen molar-refractivity contribution < 1.29 is 4.74 Å². The summed E-state index contributed by atoms with van der Waals surface area (Å²) in [4.78, 5) is 2.56. The van der Waals surface area contributed by atoms with Crippen LogP contribution in [0.15, 0.2) is 51.4 Å². The van der Waals surface area contributed by atoms with Gasteiger partial charge in [-0.15, -0.1) is 0 Å². The van der Waals surface area contributed by atoms with Gasteiger partial charge in [-0.1, -0.05) is 44.0 Å². The van der Waals surface area contributed by atoms with Gasteiger partial charge in [-0.2, -0.15) is 0 Å². The third kappa shape index (κ3) is 4.85. The van der Waals surface area contributed by atoms with Gasteiger partial charge in [0.15, 0.2) is 0 Å². The van der Waals surface area contributed by atoms with Crippen LogP contribution in [-0.2, 0) is 0 Å². The predicted molar refractivity (Wildman–Crippen MR) is 110 cm³/mol. The third-order valence-electron chi connectivity index (χ3n) is 4.47. The van der Waals surface area contributed by atoms with Crippen LogP contribution in [0.4, 0.5) is 0 Å². The highest BCUT2D eigenvalue weighted by Gasteiger charge is 2.26. The smallest absolute Gasteiger partial charge is 0.124 e. The van der Waals surface area contributed by atoms with Crippen molar-refractivity contribution in [3.63, 3.8) is 0 Å². The lowest BCUT2D eigenvalue weighted by Crippen LogP contribution is -2.33. The minimum atomic E-state index is 0.177. The summed E-state index contributed by atoms with van der Waals surface area (Å²) in [6.45, 7) is 6.90. The number of ether oxygens (including phenoxy) is 1. The molecule has 1 unspecified atom stereocenters. The Kier molecular flexibility index (Phi) is 6.93. The number of hydrogen-bond donors (Lipinski definition) is 1. The van der Waals surface area contributed by atoms with Crippen molar-refractivity contribution in [1.29, 1.82) is 0 Å². The highest BCUT2D eigenvalue weighted by Crippen LogP contribution is 2.37. The van der Waals surface area contributed by atoms with Gasteiger partial charge < -0.3 is 10.1 Å². The molecule has 0 aliphatic carbocycles. The van der Waals surface area contributed by atoms with Gasteiger partial charge in [-0.25, -0.2) is 0 Å². The number of nitrogens with zero attached hydrogens (tertiary/aromatic N) is 1. The van der Waals surface area contributed by atoms with Crippen molar-refractivity contribution in [2.75, 3.05) is 32.8 Å². The highest BCUT2D eigenvalue weighted by atomic mass is 79.9. The van der Waals surface area contributed by atoms with Crippen molar-refractivity contribution in [3.05, 3.63) is 62.5 Å². The molecular weight excluding hydrogens is 444 g/mol. The molecule has 0 bridgehead atoms. The minimum absolute atomic E-state index is 0.177.